The molecule has 0 N–H and O–H groups in total. The Bertz CT molecular complexity index is 1750. The summed E-state index contributed by atoms with van der Waals surface area (Å²) >= 11 is 0. The van der Waals surface area contributed by atoms with Crippen LogP contribution in [-0.4, -0.2) is 43.2 Å². The highest BCUT2D eigenvalue weighted by Crippen LogP contribution is 2.62. The van der Waals surface area contributed by atoms with Crippen LogP contribution in [0.25, 0.3) is 6.08 Å². The van der Waals surface area contributed by atoms with Gasteiger partial charge >= 0.3 is 0 Å². The van der Waals surface area contributed by atoms with Gasteiger partial charge in [-0.2, -0.15) is 0 Å². The standard InChI is InChI=1S/C36H29NO5/c1-3-42-29-18-9-7-16-27(29)31-32(33(38)23-12-10-13-24(21-23)41-2)37-28-17-8-4-11-22(28)19-20-30(37)36(31)34(39)25-14-5-6-15-26(25)35(36)40/h4-21,30-32H,3H2,1-2H3/t30-,31+,32+/m0/s1. The molecule has 0 radical (unpaired) electrons. The Labute approximate surface area is 244 Å². The van der Waals surface area contributed by atoms with E-state index in [1.807, 2.05) is 72.5 Å². The van der Waals surface area contributed by atoms with Crippen molar-refractivity contribution in [2.75, 3.05) is 18.6 Å². The average molecular weight is 556 g/mol. The van der Waals surface area contributed by atoms with Crippen molar-refractivity contribution in [2.24, 2.45) is 5.41 Å². The van der Waals surface area contributed by atoms with Crippen LogP contribution in [0.3, 0.4) is 0 Å². The molecule has 6 heteroatoms. The molecular weight excluding hydrogens is 526 g/mol. The lowest BCUT2D eigenvalue weighted by Crippen LogP contribution is -2.48. The van der Waals surface area contributed by atoms with E-state index in [4.69, 9.17) is 9.47 Å². The third-order valence-electron chi connectivity index (χ3n) is 8.89. The zero-order valence-corrected chi connectivity index (χ0v) is 23.3. The van der Waals surface area contributed by atoms with E-state index in [1.165, 1.54) is 0 Å². The van der Waals surface area contributed by atoms with E-state index >= 15 is 0 Å². The maximum atomic E-state index is 14.9. The van der Waals surface area contributed by atoms with Gasteiger partial charge in [0.05, 0.1) is 19.8 Å². The maximum Gasteiger partial charge on any atom is 0.186 e. The minimum atomic E-state index is -1.58. The van der Waals surface area contributed by atoms with Gasteiger partial charge in [0.15, 0.2) is 17.3 Å². The zero-order valence-electron chi connectivity index (χ0n) is 23.3. The minimum absolute atomic E-state index is 0.200. The number of anilines is 1. The van der Waals surface area contributed by atoms with Gasteiger partial charge in [-0.3, -0.25) is 14.4 Å². The van der Waals surface area contributed by atoms with Gasteiger partial charge in [-0.25, -0.2) is 0 Å². The Balaban J connectivity index is 1.56. The Hall–Kier alpha value is -4.97. The van der Waals surface area contributed by atoms with Crippen molar-refractivity contribution in [3.8, 4) is 11.5 Å². The second-order valence-corrected chi connectivity index (χ2v) is 10.8. The van der Waals surface area contributed by atoms with Crippen molar-refractivity contribution >= 4 is 29.1 Å². The van der Waals surface area contributed by atoms with E-state index in [1.54, 1.807) is 55.6 Å². The summed E-state index contributed by atoms with van der Waals surface area (Å²) < 4.78 is 11.6. The summed E-state index contributed by atoms with van der Waals surface area (Å²) in [5.41, 5.74) is 2.03. The number of ether oxygens (including phenoxy) is 2. The Kier molecular flexibility index (Phi) is 6.08. The van der Waals surface area contributed by atoms with Crippen molar-refractivity contribution in [1.29, 1.82) is 0 Å². The first kappa shape index (κ1) is 26.0. The number of Topliss-reactive ketones (excluding diaryl/α,β-unsaturated/α-hetero) is 3. The van der Waals surface area contributed by atoms with Crippen LogP contribution in [0.4, 0.5) is 5.69 Å². The summed E-state index contributed by atoms with van der Waals surface area (Å²) in [5.74, 6) is -0.461. The van der Waals surface area contributed by atoms with Gasteiger partial charge in [0.2, 0.25) is 0 Å². The largest absolute Gasteiger partial charge is 0.497 e. The molecule has 6 nitrogen and oxygen atoms in total. The van der Waals surface area contributed by atoms with Gasteiger partial charge < -0.3 is 14.4 Å². The molecule has 7 rings (SSSR count). The number of methoxy groups -OCH3 is 1. The van der Waals surface area contributed by atoms with Crippen LogP contribution in [0.5, 0.6) is 11.5 Å². The Morgan fingerprint density at radius 2 is 1.55 bits per heavy atom. The number of hydrogen-bond donors (Lipinski definition) is 0. The highest BCUT2D eigenvalue weighted by atomic mass is 16.5. The predicted molar refractivity (Wildman–Crippen MR) is 161 cm³/mol. The van der Waals surface area contributed by atoms with E-state index < -0.39 is 23.4 Å². The smallest absolute Gasteiger partial charge is 0.186 e. The number of fused-ring (bicyclic) bond motifs is 5. The lowest BCUT2D eigenvalue weighted by atomic mass is 9.64. The molecule has 42 heavy (non-hydrogen) atoms. The van der Waals surface area contributed by atoms with Crippen molar-refractivity contribution < 1.29 is 23.9 Å². The van der Waals surface area contributed by atoms with Crippen LogP contribution < -0.4 is 14.4 Å². The summed E-state index contributed by atoms with van der Waals surface area (Å²) in [5, 5.41) is 0. The van der Waals surface area contributed by atoms with Crippen molar-refractivity contribution in [3.63, 3.8) is 0 Å². The summed E-state index contributed by atoms with van der Waals surface area (Å²) in [4.78, 5) is 46.5. The minimum Gasteiger partial charge on any atom is -0.497 e. The third kappa shape index (κ3) is 3.48. The number of benzene rings is 4. The predicted octanol–water partition coefficient (Wildman–Crippen LogP) is 6.41. The molecule has 3 aliphatic rings. The summed E-state index contributed by atoms with van der Waals surface area (Å²) in [6.45, 7) is 2.29. The van der Waals surface area contributed by atoms with Gasteiger partial charge in [0, 0.05) is 33.9 Å². The van der Waals surface area contributed by atoms with Crippen LogP contribution in [0.1, 0.15) is 55.0 Å². The first-order chi connectivity index (χ1) is 20.5. The highest BCUT2D eigenvalue weighted by Gasteiger charge is 2.71. The first-order valence-corrected chi connectivity index (χ1v) is 14.2. The Morgan fingerprint density at radius 1 is 0.857 bits per heavy atom. The normalized spacial score (nSPS) is 21.2. The molecule has 1 saturated heterocycles. The second-order valence-electron chi connectivity index (χ2n) is 10.8. The average Bonchev–Trinajstić information content (AvgIpc) is 3.47. The zero-order chi connectivity index (χ0) is 29.0. The van der Waals surface area contributed by atoms with E-state index in [0.29, 0.717) is 40.4 Å². The molecule has 0 aromatic heterocycles. The third-order valence-corrected chi connectivity index (χ3v) is 8.89. The van der Waals surface area contributed by atoms with E-state index in [-0.39, 0.29) is 17.3 Å². The molecule has 0 amide bonds. The number of para-hydroxylation sites is 2. The van der Waals surface area contributed by atoms with Crippen molar-refractivity contribution in [3.05, 3.63) is 131 Å². The number of rotatable bonds is 6. The number of ketones is 3. The molecule has 0 bridgehead atoms. The lowest BCUT2D eigenvalue weighted by Gasteiger charge is -2.37. The fraction of sp³-hybridized carbons (Fsp3) is 0.194. The lowest BCUT2D eigenvalue weighted by molar-refractivity contribution is 0.0664. The van der Waals surface area contributed by atoms with Crippen LogP contribution in [0, 0.1) is 5.41 Å². The fourth-order valence-electron chi connectivity index (χ4n) is 7.23. The molecule has 0 unspecified atom stereocenters. The highest BCUT2D eigenvalue weighted by molar-refractivity contribution is 6.32. The number of nitrogens with zero attached hydrogens (tertiary/aromatic N) is 1. The summed E-state index contributed by atoms with van der Waals surface area (Å²) in [6.07, 6.45) is 3.89. The molecular formula is C36H29NO5. The van der Waals surface area contributed by atoms with Crippen LogP contribution in [0.15, 0.2) is 103 Å². The van der Waals surface area contributed by atoms with Crippen molar-refractivity contribution in [2.45, 2.75) is 24.9 Å². The number of carbonyl (C=O) groups is 3. The summed E-state index contributed by atoms with van der Waals surface area (Å²) in [6, 6.07) is 27.7. The molecule has 0 saturated carbocycles. The monoisotopic (exact) mass is 555 g/mol. The molecule has 2 heterocycles. The van der Waals surface area contributed by atoms with Gasteiger partial charge in [-0.05, 0) is 36.8 Å². The quantitative estimate of drug-likeness (QED) is 0.202. The van der Waals surface area contributed by atoms with E-state index in [0.717, 1.165) is 11.3 Å². The maximum absolute atomic E-state index is 14.9. The van der Waals surface area contributed by atoms with E-state index in [2.05, 4.69) is 0 Å². The van der Waals surface area contributed by atoms with Gasteiger partial charge in [-0.1, -0.05) is 84.9 Å². The topological polar surface area (TPSA) is 72.9 Å². The molecule has 3 atom stereocenters. The van der Waals surface area contributed by atoms with Crippen LogP contribution in [-0.2, 0) is 0 Å². The van der Waals surface area contributed by atoms with Crippen LogP contribution >= 0.6 is 0 Å². The molecule has 2 aliphatic heterocycles. The molecule has 1 fully saturated rings. The second kappa shape index (κ2) is 9.84. The SMILES string of the molecule is CCOc1ccccc1[C@@H]1[C@H](C(=O)c2cccc(OC)c2)N2c3ccccc3C=C[C@H]2C12C(=O)c1ccccc1C2=O. The molecule has 4 aromatic carbocycles. The molecule has 4 aromatic rings. The van der Waals surface area contributed by atoms with Gasteiger partial charge in [0.25, 0.3) is 0 Å². The van der Waals surface area contributed by atoms with Crippen LogP contribution in [0.2, 0.25) is 0 Å². The summed E-state index contributed by atoms with van der Waals surface area (Å²) in [7, 11) is 1.56. The van der Waals surface area contributed by atoms with Crippen molar-refractivity contribution in [1.82, 2.24) is 0 Å². The first-order valence-electron chi connectivity index (χ1n) is 14.2. The molecule has 208 valence electrons. The van der Waals surface area contributed by atoms with Gasteiger partial charge in [0.1, 0.15) is 23.0 Å². The Morgan fingerprint density at radius 3 is 2.29 bits per heavy atom. The molecule has 1 spiro atoms. The number of carbonyl (C=O) groups excluding carboxylic acids is 3. The van der Waals surface area contributed by atoms with E-state index in [9.17, 15) is 14.4 Å². The number of hydrogen-bond acceptors (Lipinski definition) is 6. The fourth-order valence-corrected chi connectivity index (χ4v) is 7.23. The molecule has 1 aliphatic carbocycles. The van der Waals surface area contributed by atoms with Gasteiger partial charge in [-0.15, -0.1) is 0 Å².